The van der Waals surface area contributed by atoms with E-state index in [1.54, 1.807) is 6.92 Å². The second kappa shape index (κ2) is 15.9. The van der Waals surface area contributed by atoms with Crippen LogP contribution in [-0.2, 0) is 35.0 Å². The lowest BCUT2D eigenvalue weighted by Gasteiger charge is -2.36. The standard InChI is InChI=1S/C43H50N4O8/c1-9-27-23(3)31-19-33-25(5)41(55-18-17-54-39(49)10-2)37(46-33)21-34-28(12-14-40(50)53-16-15-48)24(4)32(44-34)20-36-30-13-11-29(42(51)52-8)26(6)43(30,7)38(47-36)22-35(27)45-31/h9,11,13,19-22,26,44-48H,1,10,12,14-18H2,2-8H3. The number of carbonyl (C=O) groups excluding carboxylic acids is 3. The summed E-state index contributed by atoms with van der Waals surface area (Å²) >= 11 is 0. The SMILES string of the molecule is C=Cc1c2[nH]c(c1C)C=c1[nH]c(c(OCCOC(=O)CC)c1C)=Cc1[nH]c(c(C)c1CCC(=O)OCCO)C=C1NC(=C2)C2(C)C1=CC=C(C(=O)OC)C2C. The minimum Gasteiger partial charge on any atom is -0.487 e. The second-order valence-electron chi connectivity index (χ2n) is 14.2. The van der Waals surface area contributed by atoms with Crippen molar-refractivity contribution in [3.8, 4) is 5.75 Å². The molecule has 2 unspecified atom stereocenters. The quantitative estimate of drug-likeness (QED) is 0.100. The first kappa shape index (κ1) is 39.0. The number of carbonyl (C=O) groups is 3. The van der Waals surface area contributed by atoms with E-state index in [1.165, 1.54) is 7.11 Å². The Labute approximate surface area is 320 Å². The molecule has 12 nitrogen and oxygen atoms in total. The maximum absolute atomic E-state index is 13.0. The Bertz CT molecular complexity index is 2310. The largest absolute Gasteiger partial charge is 0.487 e. The number of hydrogen-bond donors (Lipinski definition) is 5. The van der Waals surface area contributed by atoms with Crippen LogP contribution < -0.4 is 20.8 Å². The maximum Gasteiger partial charge on any atom is 0.334 e. The second-order valence-corrected chi connectivity index (χ2v) is 14.2. The van der Waals surface area contributed by atoms with Crippen molar-refractivity contribution in [3.63, 3.8) is 0 Å². The number of nitrogens with one attached hydrogen (secondary N) is 4. The summed E-state index contributed by atoms with van der Waals surface area (Å²) in [5.41, 5.74) is 10.7. The molecule has 1 saturated heterocycles. The summed E-state index contributed by atoms with van der Waals surface area (Å²) in [6, 6.07) is 0. The van der Waals surface area contributed by atoms with Gasteiger partial charge in [0, 0.05) is 80.4 Å². The molecule has 6 rings (SSSR count). The van der Waals surface area contributed by atoms with Gasteiger partial charge < -0.3 is 44.3 Å². The van der Waals surface area contributed by atoms with Gasteiger partial charge in [0.15, 0.2) is 0 Å². The summed E-state index contributed by atoms with van der Waals surface area (Å²) in [4.78, 5) is 48.3. The molecule has 5 heterocycles. The average molecular weight is 751 g/mol. The molecular weight excluding hydrogens is 700 g/mol. The van der Waals surface area contributed by atoms with Gasteiger partial charge >= 0.3 is 17.9 Å². The van der Waals surface area contributed by atoms with Crippen LogP contribution in [0, 0.1) is 32.1 Å². The fourth-order valence-electron chi connectivity index (χ4n) is 7.72. The minimum atomic E-state index is -0.629. The van der Waals surface area contributed by atoms with Crippen molar-refractivity contribution >= 4 is 48.3 Å². The van der Waals surface area contributed by atoms with Crippen molar-refractivity contribution in [2.75, 3.05) is 33.5 Å². The molecular formula is C43H50N4O8. The van der Waals surface area contributed by atoms with Crippen LogP contribution in [0.25, 0.3) is 30.4 Å². The van der Waals surface area contributed by atoms with Gasteiger partial charge in [-0.25, -0.2) is 4.79 Å². The Morgan fingerprint density at radius 3 is 2.29 bits per heavy atom. The maximum atomic E-state index is 13.0. The Kier molecular flexibility index (Phi) is 11.3. The Balaban J connectivity index is 1.61. The Hall–Kier alpha value is -5.75. The van der Waals surface area contributed by atoms with E-state index >= 15 is 0 Å². The molecule has 0 aromatic carbocycles. The van der Waals surface area contributed by atoms with Gasteiger partial charge in [0.2, 0.25) is 0 Å². The van der Waals surface area contributed by atoms with Gasteiger partial charge in [-0.15, -0.1) is 0 Å². The molecule has 0 saturated carbocycles. The Morgan fingerprint density at radius 1 is 0.873 bits per heavy atom. The number of rotatable bonds is 12. The van der Waals surface area contributed by atoms with E-state index in [2.05, 4.69) is 45.9 Å². The van der Waals surface area contributed by atoms with Crippen LogP contribution in [0.4, 0.5) is 0 Å². The van der Waals surface area contributed by atoms with Gasteiger partial charge in [-0.2, -0.15) is 0 Å². The zero-order valence-electron chi connectivity index (χ0n) is 32.6. The number of allylic oxidation sites excluding steroid dienone is 4. The average Bonchev–Trinajstić information content (AvgIpc) is 3.83. The molecule has 1 aliphatic carbocycles. The number of aliphatic hydroxyl groups excluding tert-OH is 1. The van der Waals surface area contributed by atoms with Crippen molar-refractivity contribution < 1.29 is 38.4 Å². The lowest BCUT2D eigenvalue weighted by atomic mass is 9.65. The third-order valence-corrected chi connectivity index (χ3v) is 11.1. The highest BCUT2D eigenvalue weighted by atomic mass is 16.6. The number of aliphatic hydroxyl groups is 1. The van der Waals surface area contributed by atoms with Crippen LogP contribution in [0.1, 0.15) is 84.2 Å². The van der Waals surface area contributed by atoms with Crippen molar-refractivity contribution in [1.82, 2.24) is 20.3 Å². The zero-order chi connectivity index (χ0) is 39.6. The summed E-state index contributed by atoms with van der Waals surface area (Å²) in [5.74, 6) is -0.712. The number of methoxy groups -OCH3 is 1. The normalized spacial score (nSPS) is 18.3. The molecule has 55 heavy (non-hydrogen) atoms. The molecule has 8 bridgehead atoms. The van der Waals surface area contributed by atoms with Crippen molar-refractivity contribution in [2.24, 2.45) is 11.3 Å². The molecule has 290 valence electrons. The van der Waals surface area contributed by atoms with E-state index in [4.69, 9.17) is 18.9 Å². The zero-order valence-corrected chi connectivity index (χ0v) is 32.6. The van der Waals surface area contributed by atoms with Crippen LogP contribution in [-0.4, -0.2) is 71.5 Å². The van der Waals surface area contributed by atoms with Crippen LogP contribution in [0.2, 0.25) is 0 Å². The van der Waals surface area contributed by atoms with Gasteiger partial charge in [-0.1, -0.05) is 38.7 Å². The smallest absolute Gasteiger partial charge is 0.334 e. The number of H-pyrrole nitrogens is 3. The number of ether oxygens (including phenoxy) is 4. The van der Waals surface area contributed by atoms with Gasteiger partial charge in [0.05, 0.1) is 19.1 Å². The van der Waals surface area contributed by atoms with Crippen molar-refractivity contribution in [2.45, 2.75) is 60.8 Å². The lowest BCUT2D eigenvalue weighted by molar-refractivity contribution is -0.145. The number of esters is 3. The van der Waals surface area contributed by atoms with E-state index in [0.29, 0.717) is 23.1 Å². The van der Waals surface area contributed by atoms with Crippen molar-refractivity contribution in [1.29, 1.82) is 0 Å². The fourth-order valence-corrected chi connectivity index (χ4v) is 7.72. The summed E-state index contributed by atoms with van der Waals surface area (Å²) in [6.07, 6.45) is 14.6. The number of fused-ring (bicyclic) bond motifs is 11. The fraction of sp³-hybridized carbons (Fsp3) is 0.372. The molecule has 3 aromatic heterocycles. The summed E-state index contributed by atoms with van der Waals surface area (Å²) in [7, 11) is 1.40. The van der Waals surface area contributed by atoms with Gasteiger partial charge in [-0.3, -0.25) is 9.59 Å². The Morgan fingerprint density at radius 2 is 1.58 bits per heavy atom. The molecule has 1 fully saturated rings. The molecule has 0 amide bonds. The predicted octanol–water partition coefficient (Wildman–Crippen LogP) is 4.68. The predicted molar refractivity (Wildman–Crippen MR) is 211 cm³/mol. The highest BCUT2D eigenvalue weighted by Gasteiger charge is 2.49. The first-order valence-corrected chi connectivity index (χ1v) is 18.6. The van der Waals surface area contributed by atoms with Gasteiger partial charge in [-0.05, 0) is 80.7 Å². The van der Waals surface area contributed by atoms with E-state index in [9.17, 15) is 19.5 Å². The number of hydrogen-bond acceptors (Lipinski definition) is 9. The topological polar surface area (TPSA) is 168 Å². The third kappa shape index (κ3) is 7.26. The molecule has 3 aromatic rings. The molecule has 12 heteroatoms. The molecule has 5 N–H and O–H groups in total. The highest BCUT2D eigenvalue weighted by Crippen LogP contribution is 2.54. The van der Waals surface area contributed by atoms with Crippen LogP contribution in [0.3, 0.4) is 0 Å². The third-order valence-electron chi connectivity index (χ3n) is 11.1. The lowest BCUT2D eigenvalue weighted by Crippen LogP contribution is -2.33. The molecule has 2 aliphatic heterocycles. The van der Waals surface area contributed by atoms with Crippen LogP contribution >= 0.6 is 0 Å². The summed E-state index contributed by atoms with van der Waals surface area (Å²) in [5, 5.41) is 14.4. The summed E-state index contributed by atoms with van der Waals surface area (Å²) < 4.78 is 22.0. The van der Waals surface area contributed by atoms with E-state index in [0.717, 1.165) is 72.9 Å². The number of aromatic nitrogens is 3. The van der Waals surface area contributed by atoms with E-state index in [-0.39, 0.29) is 57.1 Å². The molecule has 3 aliphatic rings. The highest BCUT2D eigenvalue weighted by molar-refractivity contribution is 5.91. The first-order chi connectivity index (χ1) is 26.4. The van der Waals surface area contributed by atoms with Crippen molar-refractivity contribution in [3.05, 3.63) is 103 Å². The monoisotopic (exact) mass is 750 g/mol. The van der Waals surface area contributed by atoms with E-state index < -0.39 is 11.4 Å². The first-order valence-electron chi connectivity index (χ1n) is 18.6. The van der Waals surface area contributed by atoms with Crippen LogP contribution in [0.15, 0.2) is 41.3 Å². The van der Waals surface area contributed by atoms with Gasteiger partial charge in [0.25, 0.3) is 0 Å². The molecule has 0 spiro atoms. The van der Waals surface area contributed by atoms with Gasteiger partial charge in [0.1, 0.15) is 25.6 Å². The molecule has 2 atom stereocenters. The molecule has 0 radical (unpaired) electrons. The van der Waals surface area contributed by atoms with E-state index in [1.807, 2.05) is 58.1 Å². The minimum absolute atomic E-state index is 0.0630. The van der Waals surface area contributed by atoms with Crippen LogP contribution in [0.5, 0.6) is 5.75 Å². The number of aromatic amines is 3. The summed E-state index contributed by atoms with van der Waals surface area (Å²) in [6.45, 7) is 16.0.